The van der Waals surface area contributed by atoms with Crippen molar-refractivity contribution in [2.24, 2.45) is 5.92 Å². The van der Waals surface area contributed by atoms with Crippen molar-refractivity contribution in [1.82, 2.24) is 0 Å². The average Bonchev–Trinajstić information content (AvgIpc) is 2.47. The first-order chi connectivity index (χ1) is 6.95. The summed E-state index contributed by atoms with van der Waals surface area (Å²) in [6.45, 7) is 2.09. The van der Waals surface area contributed by atoms with E-state index in [9.17, 15) is 9.00 Å². The van der Waals surface area contributed by atoms with Crippen LogP contribution >= 0.6 is 0 Å². The summed E-state index contributed by atoms with van der Waals surface area (Å²) < 4.78 is 16.3. The zero-order chi connectivity index (χ0) is 11.5. The molecule has 4 heteroatoms. The number of hydrogen-bond acceptors (Lipinski definition) is 3. The molecule has 0 bridgehead atoms. The van der Waals surface area contributed by atoms with Crippen LogP contribution < -0.4 is 0 Å². The molecule has 0 aromatic carbocycles. The maximum atomic E-state index is 11.5. The third-order valence-corrected chi connectivity index (χ3v) is 3.90. The summed E-state index contributed by atoms with van der Waals surface area (Å²) in [4.78, 5) is 11.5. The Kier molecular flexibility index (Phi) is 4.46. The van der Waals surface area contributed by atoms with E-state index in [0.717, 1.165) is 19.3 Å². The lowest BCUT2D eigenvalue weighted by molar-refractivity contribution is -0.117. The fraction of sp³-hybridized carbons (Fsp3) is 0.909. The molecule has 3 unspecified atom stereocenters. The van der Waals surface area contributed by atoms with Crippen molar-refractivity contribution in [2.45, 2.75) is 38.2 Å². The lowest BCUT2D eigenvalue weighted by Crippen LogP contribution is -2.23. The van der Waals surface area contributed by atoms with Crippen LogP contribution in [0.3, 0.4) is 0 Å². The number of ether oxygens (including phenoxy) is 1. The second-order valence-corrected chi connectivity index (χ2v) is 6.16. The molecule has 0 heterocycles. The van der Waals surface area contributed by atoms with Gasteiger partial charge >= 0.3 is 0 Å². The van der Waals surface area contributed by atoms with Gasteiger partial charge in [0, 0.05) is 30.6 Å². The quantitative estimate of drug-likeness (QED) is 0.722. The van der Waals surface area contributed by atoms with Crippen molar-refractivity contribution >= 4 is 16.6 Å². The molecule has 0 spiro atoms. The third-order valence-electron chi connectivity index (χ3n) is 3.18. The highest BCUT2D eigenvalue weighted by atomic mass is 32.2. The van der Waals surface area contributed by atoms with E-state index in [2.05, 4.69) is 6.92 Å². The molecule has 0 aliphatic heterocycles. The summed E-state index contributed by atoms with van der Waals surface area (Å²) >= 11 is 0. The highest BCUT2D eigenvalue weighted by Crippen LogP contribution is 2.38. The Balaban J connectivity index is 2.36. The molecule has 0 aromatic heterocycles. The molecule has 0 aromatic rings. The Morgan fingerprint density at radius 1 is 1.60 bits per heavy atom. The number of carbonyl (C=O) groups is 1. The Morgan fingerprint density at radius 2 is 2.27 bits per heavy atom. The maximum Gasteiger partial charge on any atom is 0.145 e. The molecule has 15 heavy (non-hydrogen) atoms. The van der Waals surface area contributed by atoms with Crippen LogP contribution in [0.2, 0.25) is 0 Å². The number of carbonyl (C=O) groups excluding carboxylic acids is 1. The minimum Gasteiger partial charge on any atom is -0.379 e. The van der Waals surface area contributed by atoms with Gasteiger partial charge in [0.1, 0.15) is 5.78 Å². The molecule has 0 amide bonds. The monoisotopic (exact) mass is 232 g/mol. The molecular formula is C11H20O3S. The Morgan fingerprint density at radius 3 is 2.73 bits per heavy atom. The first-order valence-electron chi connectivity index (χ1n) is 5.32. The van der Waals surface area contributed by atoms with Gasteiger partial charge < -0.3 is 4.74 Å². The van der Waals surface area contributed by atoms with Crippen molar-refractivity contribution in [1.29, 1.82) is 0 Å². The van der Waals surface area contributed by atoms with Gasteiger partial charge in [-0.15, -0.1) is 0 Å². The average molecular weight is 232 g/mol. The van der Waals surface area contributed by atoms with E-state index in [-0.39, 0.29) is 17.1 Å². The fourth-order valence-corrected chi connectivity index (χ4v) is 2.86. The molecule has 1 aliphatic carbocycles. The molecule has 1 saturated carbocycles. The summed E-state index contributed by atoms with van der Waals surface area (Å²) in [6, 6.07) is 0. The first-order valence-corrected chi connectivity index (χ1v) is 7.05. The van der Waals surface area contributed by atoms with Crippen LogP contribution in [0.5, 0.6) is 0 Å². The highest BCUT2D eigenvalue weighted by molar-refractivity contribution is 7.85. The van der Waals surface area contributed by atoms with Gasteiger partial charge in [0.15, 0.2) is 0 Å². The number of ketones is 1. The van der Waals surface area contributed by atoms with Crippen LogP contribution in [0, 0.1) is 5.92 Å². The van der Waals surface area contributed by atoms with Crippen LogP contribution in [0.1, 0.15) is 32.6 Å². The number of Topliss-reactive ketones (excluding diaryl/α,β-unsaturated/α-hetero) is 1. The van der Waals surface area contributed by atoms with Gasteiger partial charge in [0.05, 0.1) is 11.4 Å². The number of hydrogen-bond donors (Lipinski definition) is 0. The van der Waals surface area contributed by atoms with Crippen molar-refractivity contribution in [3.8, 4) is 0 Å². The van der Waals surface area contributed by atoms with Crippen molar-refractivity contribution < 1.29 is 13.7 Å². The van der Waals surface area contributed by atoms with E-state index < -0.39 is 10.8 Å². The van der Waals surface area contributed by atoms with E-state index in [1.165, 1.54) is 0 Å². The highest BCUT2D eigenvalue weighted by Gasteiger charge is 2.35. The topological polar surface area (TPSA) is 43.4 Å². The van der Waals surface area contributed by atoms with Crippen LogP contribution in [0.4, 0.5) is 0 Å². The van der Waals surface area contributed by atoms with E-state index in [1.54, 1.807) is 13.4 Å². The van der Waals surface area contributed by atoms with Crippen molar-refractivity contribution in [3.63, 3.8) is 0 Å². The summed E-state index contributed by atoms with van der Waals surface area (Å²) in [5, 5.41) is 0. The SMILES string of the molecule is COC1(C)CCC(CC(=O)CS(C)=O)C1. The summed E-state index contributed by atoms with van der Waals surface area (Å²) in [5.41, 5.74) is -0.0453. The zero-order valence-electron chi connectivity index (χ0n) is 9.75. The molecular weight excluding hydrogens is 212 g/mol. The fourth-order valence-electron chi connectivity index (χ4n) is 2.29. The van der Waals surface area contributed by atoms with E-state index >= 15 is 0 Å². The molecule has 1 fully saturated rings. The van der Waals surface area contributed by atoms with Crippen LogP contribution in [0.25, 0.3) is 0 Å². The molecule has 0 saturated heterocycles. The van der Waals surface area contributed by atoms with Gasteiger partial charge in [-0.25, -0.2) is 0 Å². The molecule has 1 rings (SSSR count). The smallest absolute Gasteiger partial charge is 0.145 e. The minimum absolute atomic E-state index is 0.0453. The second kappa shape index (κ2) is 5.21. The van der Waals surface area contributed by atoms with Gasteiger partial charge in [0.25, 0.3) is 0 Å². The van der Waals surface area contributed by atoms with Gasteiger partial charge in [-0.05, 0) is 32.1 Å². The van der Waals surface area contributed by atoms with E-state index in [0.29, 0.717) is 12.3 Å². The normalized spacial score (nSPS) is 32.9. The van der Waals surface area contributed by atoms with Gasteiger partial charge in [-0.2, -0.15) is 0 Å². The molecule has 1 aliphatic rings. The van der Waals surface area contributed by atoms with Crippen LogP contribution in [-0.4, -0.2) is 34.7 Å². The van der Waals surface area contributed by atoms with Gasteiger partial charge in [-0.3, -0.25) is 9.00 Å². The summed E-state index contributed by atoms with van der Waals surface area (Å²) in [7, 11) is 0.730. The van der Waals surface area contributed by atoms with E-state index in [1.807, 2.05) is 0 Å². The van der Waals surface area contributed by atoms with Crippen LogP contribution in [-0.2, 0) is 20.3 Å². The Bertz CT molecular complexity index is 265. The van der Waals surface area contributed by atoms with Gasteiger partial charge in [0.2, 0.25) is 0 Å². The first kappa shape index (κ1) is 12.8. The van der Waals surface area contributed by atoms with Crippen LogP contribution in [0.15, 0.2) is 0 Å². The van der Waals surface area contributed by atoms with Gasteiger partial charge in [-0.1, -0.05) is 0 Å². The standard InChI is InChI=1S/C11H20O3S/c1-11(14-2)5-4-9(7-11)6-10(12)8-15(3)13/h9H,4-8H2,1-3H3. The van der Waals surface area contributed by atoms with E-state index in [4.69, 9.17) is 4.74 Å². The summed E-state index contributed by atoms with van der Waals surface area (Å²) in [5.74, 6) is 0.757. The third kappa shape index (κ3) is 4.03. The van der Waals surface area contributed by atoms with Crippen molar-refractivity contribution in [3.05, 3.63) is 0 Å². The predicted molar refractivity (Wildman–Crippen MR) is 61.3 cm³/mol. The second-order valence-electron chi connectivity index (χ2n) is 4.72. The zero-order valence-corrected chi connectivity index (χ0v) is 10.6. The Hall–Kier alpha value is -0.220. The predicted octanol–water partition coefficient (Wildman–Crippen LogP) is 1.53. The maximum absolute atomic E-state index is 11.5. The molecule has 3 nitrogen and oxygen atoms in total. The molecule has 0 radical (unpaired) electrons. The summed E-state index contributed by atoms with van der Waals surface area (Å²) in [6.07, 6.45) is 5.17. The van der Waals surface area contributed by atoms with Crippen molar-refractivity contribution in [2.75, 3.05) is 19.1 Å². The molecule has 88 valence electrons. The number of methoxy groups -OCH3 is 1. The molecule has 0 N–H and O–H groups in total. The number of rotatable bonds is 5. The largest absolute Gasteiger partial charge is 0.379 e. The lowest BCUT2D eigenvalue weighted by Gasteiger charge is -2.21. The Labute approximate surface area is 94.0 Å². The minimum atomic E-state index is -0.997. The lowest BCUT2D eigenvalue weighted by atomic mass is 9.98. The molecule has 3 atom stereocenters.